The van der Waals surface area contributed by atoms with Gasteiger partial charge in [-0.05, 0) is 42.0 Å². The van der Waals surface area contributed by atoms with Gasteiger partial charge < -0.3 is 16.2 Å². The Hall–Kier alpha value is -2.82. The fourth-order valence-electron chi connectivity index (χ4n) is 1.41. The van der Waals surface area contributed by atoms with Crippen LogP contribution in [0.5, 0.6) is 11.5 Å². The lowest BCUT2D eigenvalue weighted by Gasteiger charge is -2.04. The summed E-state index contributed by atoms with van der Waals surface area (Å²) in [5, 5.41) is 7.25. The van der Waals surface area contributed by atoms with Gasteiger partial charge in [0.2, 0.25) is 5.96 Å². The van der Waals surface area contributed by atoms with Crippen LogP contribution in [0.2, 0.25) is 0 Å². The van der Waals surface area contributed by atoms with Crippen LogP contribution in [0.3, 0.4) is 0 Å². The Kier molecular flexibility index (Phi) is 4.12. The zero-order valence-electron chi connectivity index (χ0n) is 10.2. The van der Waals surface area contributed by atoms with E-state index < -0.39 is 0 Å². The van der Waals surface area contributed by atoms with Crippen molar-refractivity contribution in [3.8, 4) is 11.5 Å². The van der Waals surface area contributed by atoms with Crippen molar-refractivity contribution in [1.82, 2.24) is 0 Å². The summed E-state index contributed by atoms with van der Waals surface area (Å²) in [7, 11) is 0. The number of hydrogen-bond donors (Lipinski definition) is 2. The summed E-state index contributed by atoms with van der Waals surface area (Å²) in [6.45, 7) is 0. The van der Waals surface area contributed by atoms with Crippen LogP contribution in [0.25, 0.3) is 0 Å². The van der Waals surface area contributed by atoms with Crippen LogP contribution in [0.4, 0.5) is 0 Å². The molecule has 0 amide bonds. The first-order chi connectivity index (χ1) is 9.24. The third kappa shape index (κ3) is 4.16. The topological polar surface area (TPSA) is 86.0 Å². The normalized spacial score (nSPS) is 10.3. The van der Waals surface area contributed by atoms with E-state index in [2.05, 4.69) is 10.2 Å². The van der Waals surface area contributed by atoms with Crippen LogP contribution in [-0.2, 0) is 0 Å². The number of hydrogen-bond acceptors (Lipinski definition) is 3. The number of benzene rings is 2. The molecule has 0 saturated carbocycles. The second kappa shape index (κ2) is 6.20. The van der Waals surface area contributed by atoms with Crippen molar-refractivity contribution in [2.45, 2.75) is 0 Å². The second-order valence-corrected chi connectivity index (χ2v) is 3.75. The monoisotopic (exact) mass is 254 g/mol. The summed E-state index contributed by atoms with van der Waals surface area (Å²) in [6, 6.07) is 17.0. The van der Waals surface area contributed by atoms with Gasteiger partial charge in [-0.3, -0.25) is 0 Å². The number of ether oxygens (including phenoxy) is 1. The van der Waals surface area contributed by atoms with Gasteiger partial charge in [-0.1, -0.05) is 18.2 Å². The molecule has 0 unspecified atom stereocenters. The highest BCUT2D eigenvalue weighted by Crippen LogP contribution is 2.20. The van der Waals surface area contributed by atoms with E-state index in [-0.39, 0.29) is 5.96 Å². The Morgan fingerprint density at radius 3 is 2.16 bits per heavy atom. The zero-order valence-corrected chi connectivity index (χ0v) is 10.2. The second-order valence-electron chi connectivity index (χ2n) is 3.75. The summed E-state index contributed by atoms with van der Waals surface area (Å²) in [4.78, 5) is 0. The molecule has 2 aromatic carbocycles. The minimum absolute atomic E-state index is 0.0692. The largest absolute Gasteiger partial charge is 0.457 e. The Bertz CT molecular complexity index is 572. The highest BCUT2D eigenvalue weighted by atomic mass is 16.5. The molecule has 0 aliphatic rings. The van der Waals surface area contributed by atoms with Crippen LogP contribution in [0.1, 0.15) is 5.56 Å². The molecule has 0 bridgehead atoms. The van der Waals surface area contributed by atoms with E-state index >= 15 is 0 Å². The smallest absolute Gasteiger partial charge is 0.211 e. The molecule has 0 aromatic heterocycles. The summed E-state index contributed by atoms with van der Waals surface area (Å²) in [5.74, 6) is 1.48. The SMILES string of the molecule is NC(N)=N/N=C\c1ccc(Oc2ccccc2)cc1. The molecule has 96 valence electrons. The maximum absolute atomic E-state index is 5.66. The van der Waals surface area contributed by atoms with Gasteiger partial charge in [-0.2, -0.15) is 5.10 Å². The van der Waals surface area contributed by atoms with Crippen molar-refractivity contribution >= 4 is 12.2 Å². The molecule has 0 aliphatic carbocycles. The molecule has 19 heavy (non-hydrogen) atoms. The Labute approximate surface area is 111 Å². The molecule has 5 nitrogen and oxygen atoms in total. The van der Waals surface area contributed by atoms with E-state index in [1.54, 1.807) is 6.21 Å². The highest BCUT2D eigenvalue weighted by molar-refractivity contribution is 5.81. The van der Waals surface area contributed by atoms with Crippen molar-refractivity contribution in [1.29, 1.82) is 0 Å². The summed E-state index contributed by atoms with van der Waals surface area (Å²) < 4.78 is 5.66. The number of para-hydroxylation sites is 1. The fraction of sp³-hybridized carbons (Fsp3) is 0. The molecule has 0 heterocycles. The molecular formula is C14H14N4O. The van der Waals surface area contributed by atoms with E-state index in [0.717, 1.165) is 17.1 Å². The van der Waals surface area contributed by atoms with Crippen LogP contribution in [0, 0.1) is 0 Å². The van der Waals surface area contributed by atoms with Crippen molar-refractivity contribution in [2.24, 2.45) is 21.7 Å². The average Bonchev–Trinajstić information content (AvgIpc) is 2.42. The van der Waals surface area contributed by atoms with E-state index in [0.29, 0.717) is 0 Å². The van der Waals surface area contributed by atoms with Crippen LogP contribution >= 0.6 is 0 Å². The third-order valence-electron chi connectivity index (χ3n) is 2.24. The maximum atomic E-state index is 5.66. The molecule has 0 atom stereocenters. The van der Waals surface area contributed by atoms with Crippen molar-refractivity contribution in [3.63, 3.8) is 0 Å². The van der Waals surface area contributed by atoms with E-state index in [4.69, 9.17) is 16.2 Å². The van der Waals surface area contributed by atoms with Crippen molar-refractivity contribution in [2.75, 3.05) is 0 Å². The average molecular weight is 254 g/mol. The quantitative estimate of drug-likeness (QED) is 0.497. The minimum atomic E-state index is -0.0692. The van der Waals surface area contributed by atoms with Gasteiger partial charge in [0.05, 0.1) is 6.21 Å². The number of nitrogens with zero attached hydrogens (tertiary/aromatic N) is 2. The molecule has 0 aliphatic heterocycles. The molecule has 0 fully saturated rings. The minimum Gasteiger partial charge on any atom is -0.457 e. The first-order valence-electron chi connectivity index (χ1n) is 5.69. The Balaban J connectivity index is 2.03. The van der Waals surface area contributed by atoms with Gasteiger partial charge >= 0.3 is 0 Å². The molecule has 2 rings (SSSR count). The molecule has 4 N–H and O–H groups in total. The van der Waals surface area contributed by atoms with Gasteiger partial charge in [0, 0.05) is 0 Å². The molecule has 0 spiro atoms. The number of guanidine groups is 1. The summed E-state index contributed by atoms with van der Waals surface area (Å²) in [6.07, 6.45) is 1.56. The predicted octanol–water partition coefficient (Wildman–Crippen LogP) is 2.09. The predicted molar refractivity (Wildman–Crippen MR) is 76.4 cm³/mol. The van der Waals surface area contributed by atoms with Gasteiger partial charge in [-0.25, -0.2) is 0 Å². The molecule has 5 heteroatoms. The van der Waals surface area contributed by atoms with Crippen molar-refractivity contribution in [3.05, 3.63) is 60.2 Å². The summed E-state index contributed by atoms with van der Waals surface area (Å²) in [5.41, 5.74) is 11.2. The molecule has 2 aromatic rings. The Morgan fingerprint density at radius 2 is 1.53 bits per heavy atom. The van der Waals surface area contributed by atoms with Gasteiger partial charge in [0.1, 0.15) is 11.5 Å². The number of nitrogens with two attached hydrogens (primary N) is 2. The lowest BCUT2D eigenvalue weighted by Crippen LogP contribution is -2.21. The van der Waals surface area contributed by atoms with Gasteiger partial charge in [-0.15, -0.1) is 5.10 Å². The molecule has 0 radical (unpaired) electrons. The number of rotatable bonds is 4. The lowest BCUT2D eigenvalue weighted by molar-refractivity contribution is 0.482. The zero-order chi connectivity index (χ0) is 13.5. The molecule has 0 saturated heterocycles. The maximum Gasteiger partial charge on any atom is 0.211 e. The molecular weight excluding hydrogens is 240 g/mol. The van der Waals surface area contributed by atoms with E-state index in [9.17, 15) is 0 Å². The van der Waals surface area contributed by atoms with Crippen LogP contribution < -0.4 is 16.2 Å². The van der Waals surface area contributed by atoms with Crippen LogP contribution in [0.15, 0.2) is 64.8 Å². The van der Waals surface area contributed by atoms with E-state index in [1.165, 1.54) is 0 Å². The van der Waals surface area contributed by atoms with Crippen molar-refractivity contribution < 1.29 is 4.74 Å². The first kappa shape index (κ1) is 12.6. The fourth-order valence-corrected chi connectivity index (χ4v) is 1.41. The van der Waals surface area contributed by atoms with Gasteiger partial charge in [0.25, 0.3) is 0 Å². The third-order valence-corrected chi connectivity index (χ3v) is 2.24. The highest BCUT2D eigenvalue weighted by Gasteiger charge is 1.95. The lowest BCUT2D eigenvalue weighted by atomic mass is 10.2. The van der Waals surface area contributed by atoms with Gasteiger partial charge in [0.15, 0.2) is 0 Å². The first-order valence-corrected chi connectivity index (χ1v) is 5.69. The standard InChI is InChI=1S/C14H14N4O/c15-14(16)18-17-10-11-6-8-13(9-7-11)19-12-4-2-1-3-5-12/h1-10H,(H4,15,16,18)/b17-10-. The summed E-state index contributed by atoms with van der Waals surface area (Å²) >= 11 is 0. The Morgan fingerprint density at radius 1 is 0.895 bits per heavy atom. The van der Waals surface area contributed by atoms with Crippen LogP contribution in [-0.4, -0.2) is 12.2 Å². The van der Waals surface area contributed by atoms with E-state index in [1.807, 2.05) is 54.6 Å².